The van der Waals surface area contributed by atoms with Gasteiger partial charge in [-0.3, -0.25) is 4.79 Å². The maximum Gasteiger partial charge on any atom is 0.419 e. The SMILES string of the molecule is Cc1cc(N2CCN(C)CC2)ccc1NC(=O)c1ccc(C(F)(F)F)c(F)c1. The molecule has 1 amide bonds. The Kier molecular flexibility index (Phi) is 5.60. The smallest absolute Gasteiger partial charge is 0.369 e. The predicted octanol–water partition coefficient (Wildman–Crippen LogP) is 4.16. The first-order chi connectivity index (χ1) is 13.1. The van der Waals surface area contributed by atoms with Gasteiger partial charge < -0.3 is 15.1 Å². The van der Waals surface area contributed by atoms with Crippen molar-refractivity contribution >= 4 is 17.3 Å². The number of nitrogens with zero attached hydrogens (tertiary/aromatic N) is 2. The molecule has 4 nitrogen and oxygen atoms in total. The van der Waals surface area contributed by atoms with Crippen molar-refractivity contribution in [3.8, 4) is 0 Å². The van der Waals surface area contributed by atoms with E-state index in [1.165, 1.54) is 0 Å². The number of hydrogen-bond donors (Lipinski definition) is 1. The van der Waals surface area contributed by atoms with E-state index in [0.717, 1.165) is 43.5 Å². The zero-order valence-corrected chi connectivity index (χ0v) is 15.6. The Morgan fingerprint density at radius 3 is 2.29 bits per heavy atom. The lowest BCUT2D eigenvalue weighted by Crippen LogP contribution is -2.44. The number of carbonyl (C=O) groups excluding carboxylic acids is 1. The van der Waals surface area contributed by atoms with Gasteiger partial charge in [-0.1, -0.05) is 0 Å². The Morgan fingerprint density at radius 2 is 1.71 bits per heavy atom. The summed E-state index contributed by atoms with van der Waals surface area (Å²) in [5, 5.41) is 2.64. The first-order valence-electron chi connectivity index (χ1n) is 8.87. The highest BCUT2D eigenvalue weighted by molar-refractivity contribution is 6.04. The number of carbonyl (C=O) groups is 1. The molecule has 150 valence electrons. The van der Waals surface area contributed by atoms with Gasteiger partial charge in [-0.05, 0) is 55.9 Å². The van der Waals surface area contributed by atoms with Crippen molar-refractivity contribution < 1.29 is 22.4 Å². The zero-order valence-electron chi connectivity index (χ0n) is 15.6. The first-order valence-corrected chi connectivity index (χ1v) is 8.87. The molecule has 1 aliphatic heterocycles. The van der Waals surface area contributed by atoms with Crippen LogP contribution in [0.3, 0.4) is 0 Å². The Labute approximate surface area is 160 Å². The molecular formula is C20H21F4N3O. The van der Waals surface area contributed by atoms with Crippen LogP contribution >= 0.6 is 0 Å². The first kappa shape index (κ1) is 20.1. The topological polar surface area (TPSA) is 35.6 Å². The minimum absolute atomic E-state index is 0.173. The third kappa shape index (κ3) is 4.44. The number of piperazine rings is 1. The van der Waals surface area contributed by atoms with Gasteiger partial charge in [0.05, 0.1) is 5.56 Å². The fraction of sp³-hybridized carbons (Fsp3) is 0.350. The van der Waals surface area contributed by atoms with E-state index in [1.807, 2.05) is 19.1 Å². The molecule has 2 aromatic rings. The van der Waals surface area contributed by atoms with E-state index >= 15 is 0 Å². The molecule has 0 unspecified atom stereocenters. The van der Waals surface area contributed by atoms with Crippen LogP contribution < -0.4 is 10.2 Å². The number of aryl methyl sites for hydroxylation is 1. The van der Waals surface area contributed by atoms with E-state index in [-0.39, 0.29) is 5.56 Å². The van der Waals surface area contributed by atoms with E-state index in [4.69, 9.17) is 0 Å². The minimum Gasteiger partial charge on any atom is -0.369 e. The van der Waals surface area contributed by atoms with Gasteiger partial charge >= 0.3 is 6.18 Å². The van der Waals surface area contributed by atoms with Gasteiger partial charge in [-0.15, -0.1) is 0 Å². The molecule has 2 aromatic carbocycles. The summed E-state index contributed by atoms with van der Waals surface area (Å²) in [4.78, 5) is 16.8. The molecule has 0 bridgehead atoms. The van der Waals surface area contributed by atoms with E-state index < -0.39 is 23.5 Å². The van der Waals surface area contributed by atoms with Crippen LogP contribution in [0.4, 0.5) is 28.9 Å². The summed E-state index contributed by atoms with van der Waals surface area (Å²) in [6.45, 7) is 5.59. The average Bonchev–Trinajstić information content (AvgIpc) is 2.63. The maximum atomic E-state index is 13.7. The molecular weight excluding hydrogens is 374 g/mol. The van der Waals surface area contributed by atoms with Crippen LogP contribution in [-0.4, -0.2) is 44.0 Å². The van der Waals surface area contributed by atoms with E-state index in [0.29, 0.717) is 17.8 Å². The zero-order chi connectivity index (χ0) is 20.5. The Balaban J connectivity index is 1.73. The van der Waals surface area contributed by atoms with Crippen LogP contribution in [0.25, 0.3) is 0 Å². The standard InChI is InChI=1S/C20H21F4N3O/c1-13-11-15(27-9-7-26(2)8-10-27)4-6-18(13)25-19(28)14-3-5-16(17(21)12-14)20(22,23)24/h3-6,11-12H,7-10H2,1-2H3,(H,25,28). The van der Waals surface area contributed by atoms with Gasteiger partial charge in [0.1, 0.15) is 5.82 Å². The van der Waals surface area contributed by atoms with Crippen molar-refractivity contribution in [3.05, 3.63) is 58.9 Å². The Bertz CT molecular complexity index is 874. The quantitative estimate of drug-likeness (QED) is 0.793. The minimum atomic E-state index is -4.80. The number of rotatable bonds is 3. The number of alkyl halides is 3. The van der Waals surface area contributed by atoms with Crippen molar-refractivity contribution in [2.75, 3.05) is 43.4 Å². The predicted molar refractivity (Wildman–Crippen MR) is 100 cm³/mol. The summed E-state index contributed by atoms with van der Waals surface area (Å²) in [5.41, 5.74) is 0.828. The third-order valence-electron chi connectivity index (χ3n) is 4.86. The van der Waals surface area contributed by atoms with Gasteiger partial charge in [0.2, 0.25) is 0 Å². The third-order valence-corrected chi connectivity index (χ3v) is 4.86. The lowest BCUT2D eigenvalue weighted by atomic mass is 10.1. The molecule has 0 aliphatic carbocycles. The summed E-state index contributed by atoms with van der Waals surface area (Å²) in [6.07, 6.45) is -4.80. The molecule has 3 rings (SSSR count). The van der Waals surface area contributed by atoms with E-state index in [9.17, 15) is 22.4 Å². The van der Waals surface area contributed by atoms with Gasteiger partial charge in [0, 0.05) is 43.1 Å². The van der Waals surface area contributed by atoms with Crippen LogP contribution in [-0.2, 0) is 6.18 Å². The van der Waals surface area contributed by atoms with Crippen molar-refractivity contribution in [3.63, 3.8) is 0 Å². The molecule has 8 heteroatoms. The largest absolute Gasteiger partial charge is 0.419 e. The second kappa shape index (κ2) is 7.79. The van der Waals surface area contributed by atoms with Crippen molar-refractivity contribution in [2.45, 2.75) is 13.1 Å². The number of halogens is 4. The summed E-state index contributed by atoms with van der Waals surface area (Å²) in [7, 11) is 2.07. The molecule has 28 heavy (non-hydrogen) atoms. The number of likely N-dealkylation sites (N-methyl/N-ethyl adjacent to an activating group) is 1. The lowest BCUT2D eigenvalue weighted by molar-refractivity contribution is -0.140. The highest BCUT2D eigenvalue weighted by Crippen LogP contribution is 2.32. The van der Waals surface area contributed by atoms with Crippen LogP contribution in [0.5, 0.6) is 0 Å². The molecule has 1 saturated heterocycles. The summed E-state index contributed by atoms with van der Waals surface area (Å²) in [6, 6.07) is 7.74. The van der Waals surface area contributed by atoms with Gasteiger partial charge in [-0.25, -0.2) is 4.39 Å². The van der Waals surface area contributed by atoms with Crippen molar-refractivity contribution in [1.82, 2.24) is 4.90 Å². The highest BCUT2D eigenvalue weighted by atomic mass is 19.4. The number of amides is 1. The van der Waals surface area contributed by atoms with Gasteiger partial charge in [0.25, 0.3) is 5.91 Å². The molecule has 0 aromatic heterocycles. The molecule has 0 saturated carbocycles. The van der Waals surface area contributed by atoms with Crippen LogP contribution in [0, 0.1) is 12.7 Å². The van der Waals surface area contributed by atoms with Gasteiger partial charge in [0.15, 0.2) is 0 Å². The van der Waals surface area contributed by atoms with E-state index in [2.05, 4.69) is 22.2 Å². The number of nitrogens with one attached hydrogen (secondary N) is 1. The fourth-order valence-corrected chi connectivity index (χ4v) is 3.13. The second-order valence-electron chi connectivity index (χ2n) is 6.94. The molecule has 1 heterocycles. The van der Waals surface area contributed by atoms with E-state index in [1.54, 1.807) is 6.07 Å². The maximum absolute atomic E-state index is 13.7. The molecule has 0 spiro atoms. The van der Waals surface area contributed by atoms with Crippen LogP contribution in [0.1, 0.15) is 21.5 Å². The monoisotopic (exact) mass is 395 g/mol. The molecule has 1 N–H and O–H groups in total. The molecule has 1 fully saturated rings. The summed E-state index contributed by atoms with van der Waals surface area (Å²) < 4.78 is 51.6. The fourth-order valence-electron chi connectivity index (χ4n) is 3.13. The summed E-state index contributed by atoms with van der Waals surface area (Å²) in [5.74, 6) is -2.13. The van der Waals surface area contributed by atoms with Crippen molar-refractivity contribution in [1.29, 1.82) is 0 Å². The second-order valence-corrected chi connectivity index (χ2v) is 6.94. The number of anilines is 2. The Morgan fingerprint density at radius 1 is 1.04 bits per heavy atom. The molecule has 0 radical (unpaired) electrons. The van der Waals surface area contributed by atoms with Gasteiger partial charge in [-0.2, -0.15) is 13.2 Å². The molecule has 1 aliphatic rings. The van der Waals surface area contributed by atoms with Crippen LogP contribution in [0.15, 0.2) is 36.4 Å². The lowest BCUT2D eigenvalue weighted by Gasteiger charge is -2.34. The Hall–Kier alpha value is -2.61. The summed E-state index contributed by atoms with van der Waals surface area (Å²) >= 11 is 0. The highest BCUT2D eigenvalue weighted by Gasteiger charge is 2.34. The average molecular weight is 395 g/mol. The molecule has 0 atom stereocenters. The van der Waals surface area contributed by atoms with Crippen molar-refractivity contribution in [2.24, 2.45) is 0 Å². The normalized spacial score (nSPS) is 15.6. The number of benzene rings is 2. The number of hydrogen-bond acceptors (Lipinski definition) is 3. The van der Waals surface area contributed by atoms with Crippen LogP contribution in [0.2, 0.25) is 0 Å².